The number of nitrogens with zero attached hydrogens (tertiary/aromatic N) is 3. The molecule has 83 heavy (non-hydrogen) atoms. The van der Waals surface area contributed by atoms with E-state index in [1.165, 1.54) is 7.11 Å². The van der Waals surface area contributed by atoms with Crippen LogP contribution in [-0.2, 0) is 63.4 Å². The molecule has 1 aromatic rings. The third kappa shape index (κ3) is 17.1. The topological polar surface area (TPSA) is 223 Å². The number of aliphatic hydroxyl groups excluding tert-OH is 1. The largest absolute Gasteiger partial charge is 0.512 e. The summed E-state index contributed by atoms with van der Waals surface area (Å²) >= 11 is 4.01. The number of carbonyl (C=O) groups is 2. The maximum Gasteiger partial charge on any atom is 0.305 e. The number of methoxy groups -OCH3 is 4. The number of hydrogen-bond acceptors (Lipinski definition) is 20. The van der Waals surface area contributed by atoms with Gasteiger partial charge in [0, 0.05) is 80.5 Å². The van der Waals surface area contributed by atoms with Gasteiger partial charge in [-0.15, -0.1) is 0 Å². The summed E-state index contributed by atoms with van der Waals surface area (Å²) in [7, 11) is 6.27. The Morgan fingerprint density at radius 1 is 0.651 bits per heavy atom. The van der Waals surface area contributed by atoms with Crippen LogP contribution in [0.25, 0.3) is 0 Å². The lowest BCUT2D eigenvalue weighted by Crippen LogP contribution is -2.15. The molecular formula is C62H83BrN4O16. The Morgan fingerprint density at radius 2 is 1.17 bits per heavy atom. The van der Waals surface area contributed by atoms with Crippen molar-refractivity contribution >= 4 is 44.8 Å². The van der Waals surface area contributed by atoms with Gasteiger partial charge in [-0.1, -0.05) is 13.8 Å². The zero-order valence-corrected chi connectivity index (χ0v) is 51.3. The molecule has 1 saturated heterocycles. The van der Waals surface area contributed by atoms with Gasteiger partial charge in [-0.3, -0.25) is 9.59 Å². The minimum atomic E-state index is -0.317. The highest BCUT2D eigenvalue weighted by molar-refractivity contribution is 9.12. The number of benzene rings is 1. The summed E-state index contributed by atoms with van der Waals surface area (Å²) in [6.07, 6.45) is 6.02. The number of ether oxygens (including phenoxy) is 13. The molecule has 2 fully saturated rings. The van der Waals surface area contributed by atoms with E-state index in [1.807, 2.05) is 45.1 Å². The molecule has 5 aliphatic heterocycles. The highest BCUT2D eigenvalue weighted by atomic mass is 79.9. The number of Topliss-reactive ketones (excluding diaryl/α,β-unsaturated/α-hetero) is 1. The van der Waals surface area contributed by atoms with E-state index in [4.69, 9.17) is 76.6 Å². The Morgan fingerprint density at radius 3 is 1.71 bits per heavy atom. The first-order chi connectivity index (χ1) is 40.3. The standard InChI is InChI=1S/C62H83BrN4O16/c1-10-43-38(2)46-37-49-55(41(5)59(66-49)57(63)58-39(3)44(12-14-54(70)74-9)60(67-58)45-35-51(69)56-40(4)47(65-61(45)56)36-48(43)64-46)50(68)13-11-42-33-52(81-30-27-78-24-21-75-18-15-71-6)62(83-32-29-80-26-23-77-20-17-73-8)53(34-42)82-31-28-79-25-22-76-19-16-72-7/h33-34,36-37,39,44,67-68H,10-32,35H2,1-9H3/t39-,44-/m0/s1. The van der Waals surface area contributed by atoms with Gasteiger partial charge in [0.05, 0.1) is 145 Å². The Balaban J connectivity index is 1.24. The van der Waals surface area contributed by atoms with Crippen LogP contribution in [0.5, 0.6) is 17.2 Å². The zero-order valence-electron chi connectivity index (χ0n) is 49.7. The summed E-state index contributed by atoms with van der Waals surface area (Å²) in [4.78, 5) is 42.3. The van der Waals surface area contributed by atoms with E-state index in [2.05, 4.69) is 35.1 Å². The first kappa shape index (κ1) is 65.0. The summed E-state index contributed by atoms with van der Waals surface area (Å²) in [5.74, 6) is 0.699. The van der Waals surface area contributed by atoms with Gasteiger partial charge in [-0.05, 0) is 108 Å². The summed E-state index contributed by atoms with van der Waals surface area (Å²) in [5.41, 5.74) is 12.1. The molecule has 0 aromatic heterocycles. The number of carbonyl (C=O) groups excluding carboxylic acids is 2. The number of esters is 1. The van der Waals surface area contributed by atoms with E-state index in [1.54, 1.807) is 21.3 Å². The molecule has 1 saturated carbocycles. The van der Waals surface area contributed by atoms with Crippen molar-refractivity contribution in [1.29, 1.82) is 0 Å². The van der Waals surface area contributed by atoms with Crippen molar-refractivity contribution in [3.05, 3.63) is 108 Å². The number of rotatable bonds is 37. The van der Waals surface area contributed by atoms with Crippen molar-refractivity contribution in [2.24, 2.45) is 26.8 Å². The molecule has 5 heterocycles. The molecule has 1 aromatic carbocycles. The molecule has 8 bridgehead atoms. The lowest BCUT2D eigenvalue weighted by Gasteiger charge is -2.19. The summed E-state index contributed by atoms with van der Waals surface area (Å²) < 4.78 is 74.5. The number of aryl methyl sites for hydroxylation is 1. The van der Waals surface area contributed by atoms with Crippen molar-refractivity contribution in [3.63, 3.8) is 0 Å². The number of ketones is 1. The zero-order chi connectivity index (χ0) is 59.3. The molecule has 0 radical (unpaired) electrons. The van der Waals surface area contributed by atoms with Gasteiger partial charge in [0.1, 0.15) is 25.6 Å². The quantitative estimate of drug-likeness (QED) is 0.0361. The molecule has 21 heteroatoms. The van der Waals surface area contributed by atoms with Crippen molar-refractivity contribution in [3.8, 4) is 17.2 Å². The smallest absolute Gasteiger partial charge is 0.305 e. The minimum Gasteiger partial charge on any atom is -0.512 e. The Kier molecular flexibility index (Phi) is 26.0. The number of fused-ring (bicyclic) bond motifs is 5. The Bertz CT molecular complexity index is 2810. The van der Waals surface area contributed by atoms with Crippen LogP contribution in [0.3, 0.4) is 0 Å². The first-order valence-corrected chi connectivity index (χ1v) is 29.4. The highest BCUT2D eigenvalue weighted by Crippen LogP contribution is 2.48. The molecule has 6 aliphatic rings. The van der Waals surface area contributed by atoms with Gasteiger partial charge < -0.3 is 72.0 Å². The monoisotopic (exact) mass is 1220 g/mol. The van der Waals surface area contributed by atoms with Gasteiger partial charge in [-0.25, -0.2) is 15.0 Å². The second kappa shape index (κ2) is 33.2. The fourth-order valence-corrected chi connectivity index (χ4v) is 11.3. The highest BCUT2D eigenvalue weighted by Gasteiger charge is 2.44. The summed E-state index contributed by atoms with van der Waals surface area (Å²) in [5, 5.41) is 16.3. The van der Waals surface area contributed by atoms with Crippen molar-refractivity contribution in [1.82, 2.24) is 5.32 Å². The van der Waals surface area contributed by atoms with Gasteiger partial charge in [0.15, 0.2) is 17.3 Å². The number of halogens is 1. The Hall–Kier alpha value is -5.59. The normalized spacial score (nSPS) is 19.0. The maximum absolute atomic E-state index is 13.9. The van der Waals surface area contributed by atoms with Crippen LogP contribution in [-0.4, -0.2) is 181 Å². The average Bonchev–Trinajstić information content (AvgIpc) is 4.31. The van der Waals surface area contributed by atoms with E-state index in [-0.39, 0.29) is 88.3 Å². The summed E-state index contributed by atoms with van der Waals surface area (Å²) in [6, 6.07) is 3.79. The molecular weight excluding hydrogens is 1140 g/mol. The molecule has 2 atom stereocenters. The van der Waals surface area contributed by atoms with E-state index >= 15 is 0 Å². The van der Waals surface area contributed by atoms with Crippen LogP contribution < -0.4 is 19.5 Å². The van der Waals surface area contributed by atoms with E-state index in [9.17, 15) is 14.7 Å². The van der Waals surface area contributed by atoms with Crippen LogP contribution in [0.1, 0.15) is 72.3 Å². The fourth-order valence-electron chi connectivity index (χ4n) is 10.5. The summed E-state index contributed by atoms with van der Waals surface area (Å²) in [6.45, 7) is 16.8. The number of hydrogen-bond donors (Lipinski definition) is 2. The SMILES string of the molecule is CCC1=C(C)C2=CC3=NC(=C(C)C3=C(O)CCc3cc(OCCOCCOCCOC)c(OCCOCCOCCOC)c(OCCOCCOCCOC)c3)C(Br)=C3NC(=C4CC(=O)C5=C(C)C(=CC1=N2)N=C45)[C@@H](CCC(=O)OC)[C@@H]3C. The molecule has 0 amide bonds. The van der Waals surface area contributed by atoms with Gasteiger partial charge in [0.2, 0.25) is 5.75 Å². The third-order valence-electron chi connectivity index (χ3n) is 14.9. The average molecular weight is 1220 g/mol. The lowest BCUT2D eigenvalue weighted by atomic mass is 9.86. The third-order valence-corrected chi connectivity index (χ3v) is 15.7. The molecule has 0 spiro atoms. The molecule has 7 rings (SSSR count). The van der Waals surface area contributed by atoms with E-state index in [0.717, 1.165) is 50.5 Å². The maximum atomic E-state index is 13.9. The van der Waals surface area contributed by atoms with E-state index < -0.39 is 0 Å². The lowest BCUT2D eigenvalue weighted by molar-refractivity contribution is -0.140. The Labute approximate surface area is 496 Å². The second-order valence-electron chi connectivity index (χ2n) is 20.2. The predicted molar refractivity (Wildman–Crippen MR) is 318 cm³/mol. The van der Waals surface area contributed by atoms with Crippen LogP contribution in [0.2, 0.25) is 0 Å². The van der Waals surface area contributed by atoms with Crippen LogP contribution >= 0.6 is 15.9 Å². The molecule has 454 valence electrons. The first-order valence-electron chi connectivity index (χ1n) is 28.6. The van der Waals surface area contributed by atoms with Crippen LogP contribution in [0.4, 0.5) is 0 Å². The molecule has 2 N–H and O–H groups in total. The van der Waals surface area contributed by atoms with Gasteiger partial charge >= 0.3 is 5.97 Å². The van der Waals surface area contributed by atoms with E-state index in [0.29, 0.717) is 160 Å². The molecule has 20 nitrogen and oxygen atoms in total. The number of aliphatic imine (C=N–C) groups is 3. The predicted octanol–water partition coefficient (Wildman–Crippen LogP) is 8.71. The van der Waals surface area contributed by atoms with Crippen molar-refractivity contribution in [2.75, 3.05) is 147 Å². The molecule has 0 unspecified atom stereocenters. The van der Waals surface area contributed by atoms with Crippen molar-refractivity contribution < 1.29 is 76.3 Å². The van der Waals surface area contributed by atoms with Gasteiger partial charge in [0.25, 0.3) is 0 Å². The number of aliphatic hydroxyl groups is 1. The number of allylic oxidation sites excluding steroid dienone is 13. The van der Waals surface area contributed by atoms with Crippen LogP contribution in [0.15, 0.2) is 117 Å². The molecule has 1 aliphatic carbocycles. The second-order valence-corrected chi connectivity index (χ2v) is 21.0. The van der Waals surface area contributed by atoms with Crippen LogP contribution in [0, 0.1) is 11.8 Å². The number of nitrogens with one attached hydrogen (secondary N) is 1. The minimum absolute atomic E-state index is 0.00709. The van der Waals surface area contributed by atoms with Gasteiger partial charge in [-0.2, -0.15) is 0 Å². The van der Waals surface area contributed by atoms with Crippen molar-refractivity contribution in [2.45, 2.75) is 73.1 Å². The fraction of sp³-hybridized carbons (Fsp3) is 0.565.